The molecule has 0 bridgehead atoms. The van der Waals surface area contributed by atoms with E-state index in [1.165, 1.54) is 36.6 Å². The summed E-state index contributed by atoms with van der Waals surface area (Å²) in [6.45, 7) is 3.26. The highest BCUT2D eigenvalue weighted by Gasteiger charge is 2.24. The van der Waals surface area contributed by atoms with E-state index in [1.54, 1.807) is 0 Å². The van der Waals surface area contributed by atoms with Crippen molar-refractivity contribution in [3.8, 4) is 0 Å². The fraction of sp³-hybridized carbons (Fsp3) is 0.500. The van der Waals surface area contributed by atoms with Crippen molar-refractivity contribution >= 4 is 22.5 Å². The minimum absolute atomic E-state index is 0.657. The molecule has 1 aromatic carbocycles. The van der Waals surface area contributed by atoms with Crippen molar-refractivity contribution < 1.29 is 0 Å². The normalized spacial score (nSPS) is 23.9. The van der Waals surface area contributed by atoms with Crippen LogP contribution in [-0.2, 0) is 0 Å². The molecule has 0 amide bonds. The molecule has 3 rings (SSSR count). The summed E-state index contributed by atoms with van der Waals surface area (Å²) in [5.74, 6) is 0.657. The lowest BCUT2D eigenvalue weighted by Gasteiger charge is -2.29. The van der Waals surface area contributed by atoms with Gasteiger partial charge in [0.25, 0.3) is 0 Å². The first kappa shape index (κ1) is 13.0. The molecule has 2 nitrogen and oxygen atoms in total. The van der Waals surface area contributed by atoms with Gasteiger partial charge in [-0.3, -0.25) is 0 Å². The number of hydrogen-bond acceptors (Lipinski definition) is 1. The van der Waals surface area contributed by atoms with Gasteiger partial charge in [-0.2, -0.15) is 0 Å². The molecule has 2 atom stereocenters. The molecule has 2 aromatic rings. The fourth-order valence-electron chi connectivity index (χ4n) is 3.42. The maximum Gasteiger partial charge on any atom is 0.0647 e. The summed E-state index contributed by atoms with van der Waals surface area (Å²) in [4.78, 5) is 3.35. The Morgan fingerprint density at radius 3 is 3.11 bits per heavy atom. The van der Waals surface area contributed by atoms with Crippen LogP contribution in [-0.4, -0.2) is 17.6 Å². The van der Waals surface area contributed by atoms with Gasteiger partial charge in [-0.05, 0) is 43.4 Å². The molecular formula is C16H21ClN2. The molecule has 3 heteroatoms. The average Bonchev–Trinajstić information content (AvgIpc) is 2.85. The first-order valence-corrected chi connectivity index (χ1v) is 7.66. The molecule has 0 spiro atoms. The van der Waals surface area contributed by atoms with Gasteiger partial charge < -0.3 is 10.3 Å². The number of fused-ring (bicyclic) bond motifs is 1. The van der Waals surface area contributed by atoms with Gasteiger partial charge >= 0.3 is 0 Å². The summed E-state index contributed by atoms with van der Waals surface area (Å²) >= 11 is 6.24. The Morgan fingerprint density at radius 1 is 1.37 bits per heavy atom. The zero-order valence-electron chi connectivity index (χ0n) is 11.4. The standard InChI is InChI=1S/C16H21ClN2/c1-2-18-12-6-3-5-11(9-12)14-10-19-16-13(14)7-4-8-15(16)17/h4,7-8,10-12,18-19H,2-3,5-6,9H2,1H3. The summed E-state index contributed by atoms with van der Waals surface area (Å²) in [5.41, 5.74) is 2.53. The zero-order chi connectivity index (χ0) is 13.2. The fourth-order valence-corrected chi connectivity index (χ4v) is 3.65. The lowest BCUT2D eigenvalue weighted by Crippen LogP contribution is -2.33. The average molecular weight is 277 g/mol. The van der Waals surface area contributed by atoms with E-state index in [0.717, 1.165) is 17.1 Å². The molecule has 2 N–H and O–H groups in total. The second kappa shape index (κ2) is 5.56. The van der Waals surface area contributed by atoms with Gasteiger partial charge in [0, 0.05) is 17.6 Å². The van der Waals surface area contributed by atoms with Gasteiger partial charge in [-0.15, -0.1) is 0 Å². The third-order valence-electron chi connectivity index (χ3n) is 4.30. The molecule has 1 aliphatic rings. The van der Waals surface area contributed by atoms with Crippen LogP contribution in [0.2, 0.25) is 5.02 Å². The third kappa shape index (κ3) is 2.52. The number of nitrogens with one attached hydrogen (secondary N) is 2. The van der Waals surface area contributed by atoms with Gasteiger partial charge in [0.2, 0.25) is 0 Å². The smallest absolute Gasteiger partial charge is 0.0647 e. The molecule has 19 heavy (non-hydrogen) atoms. The number of para-hydroxylation sites is 1. The summed E-state index contributed by atoms with van der Waals surface area (Å²) in [6, 6.07) is 6.86. The van der Waals surface area contributed by atoms with E-state index in [2.05, 4.69) is 29.5 Å². The Labute approximate surface area is 119 Å². The van der Waals surface area contributed by atoms with Crippen LogP contribution in [0.1, 0.15) is 44.1 Å². The summed E-state index contributed by atoms with van der Waals surface area (Å²) in [6.07, 6.45) is 7.33. The minimum atomic E-state index is 0.657. The molecule has 2 unspecified atom stereocenters. The van der Waals surface area contributed by atoms with E-state index >= 15 is 0 Å². The third-order valence-corrected chi connectivity index (χ3v) is 4.62. The topological polar surface area (TPSA) is 27.8 Å². The highest BCUT2D eigenvalue weighted by atomic mass is 35.5. The van der Waals surface area contributed by atoms with Crippen molar-refractivity contribution in [2.45, 2.75) is 44.6 Å². The van der Waals surface area contributed by atoms with Crippen LogP contribution in [0.4, 0.5) is 0 Å². The number of aromatic amines is 1. The van der Waals surface area contributed by atoms with Crippen molar-refractivity contribution in [1.29, 1.82) is 0 Å². The molecule has 1 aromatic heterocycles. The summed E-state index contributed by atoms with van der Waals surface area (Å²) < 4.78 is 0. The van der Waals surface area contributed by atoms with Crippen LogP contribution in [0.25, 0.3) is 10.9 Å². The number of hydrogen-bond donors (Lipinski definition) is 2. The van der Waals surface area contributed by atoms with Gasteiger partial charge in [-0.25, -0.2) is 0 Å². The summed E-state index contributed by atoms with van der Waals surface area (Å²) in [7, 11) is 0. The van der Waals surface area contributed by atoms with Crippen LogP contribution in [0.3, 0.4) is 0 Å². The van der Waals surface area contributed by atoms with E-state index in [1.807, 2.05) is 12.1 Å². The Hall–Kier alpha value is -0.990. The van der Waals surface area contributed by atoms with E-state index < -0.39 is 0 Å². The molecule has 1 aliphatic carbocycles. The lowest BCUT2D eigenvalue weighted by molar-refractivity contribution is 0.345. The molecule has 1 fully saturated rings. The van der Waals surface area contributed by atoms with Gasteiger partial charge in [0.15, 0.2) is 0 Å². The predicted octanol–water partition coefficient (Wildman–Crippen LogP) is 4.46. The van der Waals surface area contributed by atoms with Crippen LogP contribution in [0.15, 0.2) is 24.4 Å². The first-order valence-electron chi connectivity index (χ1n) is 7.28. The van der Waals surface area contributed by atoms with Gasteiger partial charge in [0.1, 0.15) is 0 Å². The van der Waals surface area contributed by atoms with Crippen LogP contribution in [0.5, 0.6) is 0 Å². The second-order valence-corrected chi connectivity index (χ2v) is 5.93. The maximum atomic E-state index is 6.24. The quantitative estimate of drug-likeness (QED) is 0.851. The van der Waals surface area contributed by atoms with Crippen LogP contribution in [0, 0.1) is 0 Å². The number of benzene rings is 1. The van der Waals surface area contributed by atoms with E-state index in [-0.39, 0.29) is 0 Å². The minimum Gasteiger partial charge on any atom is -0.360 e. The van der Waals surface area contributed by atoms with Crippen molar-refractivity contribution in [2.24, 2.45) is 0 Å². The monoisotopic (exact) mass is 276 g/mol. The Kier molecular flexibility index (Phi) is 3.81. The van der Waals surface area contributed by atoms with Crippen molar-refractivity contribution in [2.75, 3.05) is 6.54 Å². The molecule has 0 aliphatic heterocycles. The number of rotatable bonds is 3. The highest BCUT2D eigenvalue weighted by molar-refractivity contribution is 6.35. The Morgan fingerprint density at radius 2 is 2.26 bits per heavy atom. The van der Waals surface area contributed by atoms with Gasteiger partial charge in [0.05, 0.1) is 10.5 Å². The first-order chi connectivity index (χ1) is 9.29. The molecule has 1 heterocycles. The lowest BCUT2D eigenvalue weighted by atomic mass is 9.81. The van der Waals surface area contributed by atoms with Crippen LogP contribution < -0.4 is 5.32 Å². The predicted molar refractivity (Wildman–Crippen MR) is 82.0 cm³/mol. The SMILES string of the molecule is CCNC1CCCC(c2c[nH]c3c(Cl)cccc23)C1. The highest BCUT2D eigenvalue weighted by Crippen LogP contribution is 2.37. The molecule has 102 valence electrons. The Balaban J connectivity index is 1.89. The molecular weight excluding hydrogens is 256 g/mol. The van der Waals surface area contributed by atoms with Crippen LogP contribution >= 0.6 is 11.6 Å². The molecule has 0 saturated heterocycles. The maximum absolute atomic E-state index is 6.24. The van der Waals surface area contributed by atoms with E-state index in [9.17, 15) is 0 Å². The molecule has 0 radical (unpaired) electrons. The Bertz CT molecular complexity index is 559. The van der Waals surface area contributed by atoms with E-state index in [4.69, 9.17) is 11.6 Å². The summed E-state index contributed by atoms with van der Waals surface area (Å²) in [5, 5.41) is 5.72. The number of halogens is 1. The number of H-pyrrole nitrogens is 1. The molecule has 1 saturated carbocycles. The van der Waals surface area contributed by atoms with Crippen molar-refractivity contribution in [1.82, 2.24) is 10.3 Å². The second-order valence-electron chi connectivity index (χ2n) is 5.52. The zero-order valence-corrected chi connectivity index (χ0v) is 12.1. The van der Waals surface area contributed by atoms with Gasteiger partial charge in [-0.1, -0.05) is 37.1 Å². The largest absolute Gasteiger partial charge is 0.360 e. The van der Waals surface area contributed by atoms with E-state index in [0.29, 0.717) is 12.0 Å². The van der Waals surface area contributed by atoms with Crippen molar-refractivity contribution in [3.05, 3.63) is 35.0 Å². The number of aromatic nitrogens is 1. The van der Waals surface area contributed by atoms with Crippen molar-refractivity contribution in [3.63, 3.8) is 0 Å².